The van der Waals surface area contributed by atoms with Gasteiger partial charge in [0.1, 0.15) is 5.82 Å². The monoisotopic (exact) mass is 273 g/mol. The van der Waals surface area contributed by atoms with E-state index < -0.39 is 0 Å². The van der Waals surface area contributed by atoms with Crippen molar-refractivity contribution in [3.05, 3.63) is 41.7 Å². The Balaban J connectivity index is 1.73. The van der Waals surface area contributed by atoms with Crippen LogP contribution in [0.5, 0.6) is 0 Å². The number of aromatic amines is 1. The highest BCUT2D eigenvalue weighted by Crippen LogP contribution is 1.99. The van der Waals surface area contributed by atoms with Gasteiger partial charge in [0, 0.05) is 18.5 Å². The number of rotatable bonds is 5. The van der Waals surface area contributed by atoms with Crippen LogP contribution in [0, 0.1) is 6.92 Å². The summed E-state index contributed by atoms with van der Waals surface area (Å²) in [7, 11) is 0. The first-order valence-electron chi connectivity index (χ1n) is 6.17. The predicted octanol–water partition coefficient (Wildman–Crippen LogP) is 0.872. The molecule has 7 heteroatoms. The highest BCUT2D eigenvalue weighted by Gasteiger charge is 2.08. The maximum atomic E-state index is 11.7. The zero-order valence-corrected chi connectivity index (χ0v) is 11.0. The summed E-state index contributed by atoms with van der Waals surface area (Å²) in [5, 5.41) is 11.6. The first-order valence-corrected chi connectivity index (χ1v) is 6.17. The third-order valence-corrected chi connectivity index (χ3v) is 2.52. The topological polar surface area (TPSA) is 99.8 Å². The molecule has 0 aliphatic carbocycles. The normalized spacial score (nSPS) is 10.1. The summed E-state index contributed by atoms with van der Waals surface area (Å²) >= 11 is 0. The van der Waals surface area contributed by atoms with Gasteiger partial charge in [-0.2, -0.15) is 4.98 Å². The molecule has 0 fully saturated rings. The molecule has 0 radical (unpaired) electrons. The molecule has 0 unspecified atom stereocenters. The molecule has 1 aromatic carbocycles. The number of benzene rings is 1. The lowest BCUT2D eigenvalue weighted by molar-refractivity contribution is -0.116. The first kappa shape index (κ1) is 13.7. The van der Waals surface area contributed by atoms with Crippen molar-refractivity contribution in [3.63, 3.8) is 0 Å². The molecule has 1 aromatic heterocycles. The molecule has 0 aliphatic rings. The van der Waals surface area contributed by atoms with Gasteiger partial charge in [0.15, 0.2) is 0 Å². The Morgan fingerprint density at radius 3 is 2.65 bits per heavy atom. The summed E-state index contributed by atoms with van der Waals surface area (Å²) < 4.78 is 0. The molecule has 104 valence electrons. The first-order chi connectivity index (χ1) is 9.65. The minimum absolute atomic E-state index is 0.159. The average molecular weight is 273 g/mol. The molecule has 0 bridgehead atoms. The molecule has 20 heavy (non-hydrogen) atoms. The number of aryl methyl sites for hydroxylation is 1. The minimum Gasteiger partial charge on any atom is -0.352 e. The van der Waals surface area contributed by atoms with E-state index in [0.717, 1.165) is 0 Å². The lowest BCUT2D eigenvalue weighted by Gasteiger charge is -2.04. The van der Waals surface area contributed by atoms with Gasteiger partial charge in [-0.3, -0.25) is 20.0 Å². The van der Waals surface area contributed by atoms with Crippen LogP contribution in [-0.2, 0) is 4.79 Å². The summed E-state index contributed by atoms with van der Waals surface area (Å²) in [6, 6.07) is 8.83. The number of amides is 2. The zero-order chi connectivity index (χ0) is 14.4. The molecule has 0 atom stereocenters. The van der Waals surface area contributed by atoms with Crippen molar-refractivity contribution >= 4 is 17.8 Å². The fourth-order valence-electron chi connectivity index (χ4n) is 1.57. The number of aromatic nitrogens is 3. The fourth-order valence-corrected chi connectivity index (χ4v) is 1.57. The van der Waals surface area contributed by atoms with Crippen LogP contribution in [0.3, 0.4) is 0 Å². The van der Waals surface area contributed by atoms with Crippen molar-refractivity contribution in [2.24, 2.45) is 0 Å². The second-order valence-electron chi connectivity index (χ2n) is 4.16. The summed E-state index contributed by atoms with van der Waals surface area (Å²) in [4.78, 5) is 27.3. The van der Waals surface area contributed by atoms with E-state index in [1.54, 1.807) is 31.2 Å². The highest BCUT2D eigenvalue weighted by molar-refractivity contribution is 5.94. The second-order valence-corrected chi connectivity index (χ2v) is 4.16. The average Bonchev–Trinajstić information content (AvgIpc) is 2.85. The lowest BCUT2D eigenvalue weighted by atomic mass is 10.2. The van der Waals surface area contributed by atoms with E-state index in [4.69, 9.17) is 0 Å². The molecular weight excluding hydrogens is 258 g/mol. The van der Waals surface area contributed by atoms with Gasteiger partial charge < -0.3 is 5.32 Å². The van der Waals surface area contributed by atoms with Crippen LogP contribution in [0.25, 0.3) is 0 Å². The predicted molar refractivity (Wildman–Crippen MR) is 73.1 cm³/mol. The Labute approximate surface area is 115 Å². The summed E-state index contributed by atoms with van der Waals surface area (Å²) in [6.07, 6.45) is 0.159. The summed E-state index contributed by atoms with van der Waals surface area (Å²) in [6.45, 7) is 1.99. The molecule has 0 aliphatic heterocycles. The van der Waals surface area contributed by atoms with E-state index in [2.05, 4.69) is 25.8 Å². The van der Waals surface area contributed by atoms with Crippen LogP contribution < -0.4 is 10.6 Å². The van der Waals surface area contributed by atoms with Gasteiger partial charge in [-0.25, -0.2) is 0 Å². The molecular formula is C13H15N5O2. The van der Waals surface area contributed by atoms with Crippen LogP contribution in [0.4, 0.5) is 5.95 Å². The van der Waals surface area contributed by atoms with Gasteiger partial charge in [-0.05, 0) is 19.1 Å². The van der Waals surface area contributed by atoms with E-state index in [-0.39, 0.29) is 30.7 Å². The number of nitrogens with one attached hydrogen (secondary N) is 3. The smallest absolute Gasteiger partial charge is 0.251 e. The number of carbonyl (C=O) groups is 2. The van der Waals surface area contributed by atoms with E-state index in [1.165, 1.54) is 0 Å². The molecule has 3 N–H and O–H groups in total. The number of hydrogen-bond donors (Lipinski definition) is 3. The van der Waals surface area contributed by atoms with Crippen molar-refractivity contribution in [3.8, 4) is 0 Å². The molecule has 2 aromatic rings. The summed E-state index contributed by atoms with van der Waals surface area (Å²) in [5.74, 6) is 0.407. The molecule has 0 spiro atoms. The summed E-state index contributed by atoms with van der Waals surface area (Å²) in [5.41, 5.74) is 0.567. The van der Waals surface area contributed by atoms with Gasteiger partial charge in [0.2, 0.25) is 11.9 Å². The third kappa shape index (κ3) is 3.91. The zero-order valence-electron chi connectivity index (χ0n) is 11.0. The van der Waals surface area contributed by atoms with Crippen LogP contribution in [0.1, 0.15) is 22.6 Å². The molecule has 1 heterocycles. The van der Waals surface area contributed by atoms with Gasteiger partial charge in [-0.1, -0.05) is 18.2 Å². The molecule has 7 nitrogen and oxygen atoms in total. The van der Waals surface area contributed by atoms with Crippen LogP contribution >= 0.6 is 0 Å². The number of H-pyrrole nitrogens is 1. The van der Waals surface area contributed by atoms with E-state index >= 15 is 0 Å². The largest absolute Gasteiger partial charge is 0.352 e. The van der Waals surface area contributed by atoms with E-state index in [1.807, 2.05) is 6.07 Å². The van der Waals surface area contributed by atoms with Crippen molar-refractivity contribution < 1.29 is 9.59 Å². The Bertz CT molecular complexity index is 594. The fraction of sp³-hybridized carbons (Fsp3) is 0.231. The van der Waals surface area contributed by atoms with Crippen LogP contribution in [-0.4, -0.2) is 33.5 Å². The van der Waals surface area contributed by atoms with Crippen molar-refractivity contribution in [1.29, 1.82) is 0 Å². The van der Waals surface area contributed by atoms with Crippen molar-refractivity contribution in [2.45, 2.75) is 13.3 Å². The number of hydrogen-bond acceptors (Lipinski definition) is 4. The minimum atomic E-state index is -0.252. The molecule has 2 amide bonds. The molecule has 2 rings (SSSR count). The molecule has 0 saturated heterocycles. The SMILES string of the molecule is Cc1nc(NC(=O)CCNC(=O)c2ccccc2)n[nH]1. The van der Waals surface area contributed by atoms with Gasteiger partial charge in [0.05, 0.1) is 0 Å². The maximum Gasteiger partial charge on any atom is 0.251 e. The standard InChI is InChI=1S/C13H15N5O2/c1-9-15-13(18-17-9)16-11(19)7-8-14-12(20)10-5-3-2-4-6-10/h2-6H,7-8H2,1H3,(H,14,20)(H2,15,16,17,18,19). The molecule has 0 saturated carbocycles. The Kier molecular flexibility index (Phi) is 4.43. The quantitative estimate of drug-likeness (QED) is 0.752. The van der Waals surface area contributed by atoms with Crippen molar-refractivity contribution in [1.82, 2.24) is 20.5 Å². The Morgan fingerprint density at radius 2 is 2.00 bits per heavy atom. The van der Waals surface area contributed by atoms with Gasteiger partial charge >= 0.3 is 0 Å². The Morgan fingerprint density at radius 1 is 1.25 bits per heavy atom. The third-order valence-electron chi connectivity index (χ3n) is 2.52. The van der Waals surface area contributed by atoms with Crippen LogP contribution in [0.2, 0.25) is 0 Å². The number of anilines is 1. The van der Waals surface area contributed by atoms with Crippen molar-refractivity contribution in [2.75, 3.05) is 11.9 Å². The number of carbonyl (C=O) groups excluding carboxylic acids is 2. The number of nitrogens with zero attached hydrogens (tertiary/aromatic N) is 2. The Hall–Kier alpha value is -2.70. The van der Waals surface area contributed by atoms with Crippen LogP contribution in [0.15, 0.2) is 30.3 Å². The lowest BCUT2D eigenvalue weighted by Crippen LogP contribution is -2.27. The van der Waals surface area contributed by atoms with E-state index in [0.29, 0.717) is 11.4 Å². The maximum absolute atomic E-state index is 11.7. The van der Waals surface area contributed by atoms with Gasteiger partial charge in [-0.15, -0.1) is 5.10 Å². The van der Waals surface area contributed by atoms with E-state index in [9.17, 15) is 9.59 Å². The van der Waals surface area contributed by atoms with Gasteiger partial charge in [0.25, 0.3) is 5.91 Å². The highest BCUT2D eigenvalue weighted by atomic mass is 16.2. The second kappa shape index (κ2) is 6.46.